The SMILES string of the molecule is CCOC(=O)N1CCC(N2CCC[C@@H](NC(=O)c3ccccc3Cl)C2)CC1. The van der Waals surface area contributed by atoms with E-state index in [4.69, 9.17) is 16.3 Å². The van der Waals surface area contributed by atoms with Crippen LogP contribution in [-0.4, -0.2) is 66.7 Å². The van der Waals surface area contributed by atoms with Crippen LogP contribution in [0.3, 0.4) is 0 Å². The van der Waals surface area contributed by atoms with Crippen LogP contribution in [0.25, 0.3) is 0 Å². The third kappa shape index (κ3) is 5.14. The van der Waals surface area contributed by atoms with Gasteiger partial charge in [-0.05, 0) is 51.3 Å². The highest BCUT2D eigenvalue weighted by molar-refractivity contribution is 6.33. The Balaban J connectivity index is 1.51. The molecule has 0 radical (unpaired) electrons. The van der Waals surface area contributed by atoms with Crippen LogP contribution in [0.1, 0.15) is 43.0 Å². The molecule has 7 heteroatoms. The van der Waals surface area contributed by atoms with E-state index in [0.717, 1.165) is 51.9 Å². The van der Waals surface area contributed by atoms with Gasteiger partial charge in [-0.15, -0.1) is 0 Å². The average molecular weight is 394 g/mol. The van der Waals surface area contributed by atoms with Crippen LogP contribution in [0.5, 0.6) is 0 Å². The van der Waals surface area contributed by atoms with Gasteiger partial charge in [0.1, 0.15) is 0 Å². The van der Waals surface area contributed by atoms with E-state index < -0.39 is 0 Å². The third-order valence-corrected chi connectivity index (χ3v) is 5.74. The maximum atomic E-state index is 12.5. The van der Waals surface area contributed by atoms with Crippen LogP contribution in [0, 0.1) is 0 Å². The highest BCUT2D eigenvalue weighted by atomic mass is 35.5. The van der Waals surface area contributed by atoms with Crippen molar-refractivity contribution in [2.75, 3.05) is 32.8 Å². The third-order valence-electron chi connectivity index (χ3n) is 5.41. The van der Waals surface area contributed by atoms with Crippen LogP contribution in [0.4, 0.5) is 4.79 Å². The number of carbonyl (C=O) groups excluding carboxylic acids is 2. The monoisotopic (exact) mass is 393 g/mol. The van der Waals surface area contributed by atoms with E-state index in [0.29, 0.717) is 23.2 Å². The van der Waals surface area contributed by atoms with Gasteiger partial charge in [0.2, 0.25) is 0 Å². The van der Waals surface area contributed by atoms with Gasteiger partial charge in [0, 0.05) is 31.7 Å². The van der Waals surface area contributed by atoms with Crippen LogP contribution in [0.15, 0.2) is 24.3 Å². The lowest BCUT2D eigenvalue weighted by Gasteiger charge is -2.42. The van der Waals surface area contributed by atoms with Crippen molar-refractivity contribution in [3.63, 3.8) is 0 Å². The second-order valence-electron chi connectivity index (χ2n) is 7.20. The lowest BCUT2D eigenvalue weighted by atomic mass is 9.98. The number of hydrogen-bond donors (Lipinski definition) is 1. The Hall–Kier alpha value is -1.79. The second kappa shape index (κ2) is 9.42. The molecule has 1 aromatic carbocycles. The van der Waals surface area contributed by atoms with E-state index >= 15 is 0 Å². The Morgan fingerprint density at radius 2 is 1.93 bits per heavy atom. The van der Waals surface area contributed by atoms with Gasteiger partial charge in [-0.1, -0.05) is 23.7 Å². The van der Waals surface area contributed by atoms with Gasteiger partial charge in [-0.2, -0.15) is 0 Å². The van der Waals surface area contributed by atoms with Gasteiger partial charge in [-0.25, -0.2) is 4.79 Å². The normalized spacial score (nSPS) is 21.7. The van der Waals surface area contributed by atoms with Crippen molar-refractivity contribution in [1.82, 2.24) is 15.1 Å². The maximum Gasteiger partial charge on any atom is 0.409 e. The molecule has 2 amide bonds. The minimum atomic E-state index is -0.209. The molecule has 1 aromatic rings. The van der Waals surface area contributed by atoms with E-state index in [2.05, 4.69) is 10.2 Å². The first kappa shape index (κ1) is 20.0. The summed E-state index contributed by atoms with van der Waals surface area (Å²) in [5.41, 5.74) is 0.527. The smallest absolute Gasteiger partial charge is 0.409 e. The molecule has 0 bridgehead atoms. The molecule has 0 spiro atoms. The lowest BCUT2D eigenvalue weighted by molar-refractivity contribution is 0.0601. The molecule has 2 fully saturated rings. The van der Waals surface area contributed by atoms with Crippen molar-refractivity contribution in [3.8, 4) is 0 Å². The molecule has 0 unspecified atom stereocenters. The number of likely N-dealkylation sites (tertiary alicyclic amines) is 2. The summed E-state index contributed by atoms with van der Waals surface area (Å²) in [6.07, 6.45) is 3.73. The fraction of sp³-hybridized carbons (Fsp3) is 0.600. The summed E-state index contributed by atoms with van der Waals surface area (Å²) in [6, 6.07) is 7.72. The zero-order valence-corrected chi connectivity index (χ0v) is 16.6. The van der Waals surface area contributed by atoms with Gasteiger partial charge >= 0.3 is 6.09 Å². The summed E-state index contributed by atoms with van der Waals surface area (Å²) < 4.78 is 5.09. The van der Waals surface area contributed by atoms with E-state index in [1.54, 1.807) is 17.0 Å². The van der Waals surface area contributed by atoms with E-state index in [-0.39, 0.29) is 18.0 Å². The van der Waals surface area contributed by atoms with E-state index in [1.165, 1.54) is 0 Å². The summed E-state index contributed by atoms with van der Waals surface area (Å²) in [6.45, 7) is 5.60. The van der Waals surface area contributed by atoms with Crippen LogP contribution >= 0.6 is 11.6 Å². The Bertz CT molecular complexity index is 662. The first-order valence-corrected chi connectivity index (χ1v) is 10.2. The van der Waals surface area contributed by atoms with Gasteiger partial charge in [-0.3, -0.25) is 9.69 Å². The number of benzene rings is 1. The number of piperidine rings is 2. The minimum absolute atomic E-state index is 0.107. The fourth-order valence-electron chi connectivity index (χ4n) is 3.99. The molecule has 1 N–H and O–H groups in total. The largest absolute Gasteiger partial charge is 0.450 e. The number of nitrogens with zero attached hydrogens (tertiary/aromatic N) is 2. The highest BCUT2D eigenvalue weighted by Crippen LogP contribution is 2.22. The molecular formula is C20H28ClN3O3. The van der Waals surface area contributed by atoms with Gasteiger partial charge in [0.15, 0.2) is 0 Å². The summed E-state index contributed by atoms with van der Waals surface area (Å²) in [5, 5.41) is 3.62. The number of halogens is 1. The Morgan fingerprint density at radius 3 is 2.63 bits per heavy atom. The molecule has 1 atom stereocenters. The number of amides is 2. The predicted molar refractivity (Wildman–Crippen MR) is 105 cm³/mol. The van der Waals surface area contributed by atoms with Gasteiger partial charge in [0.05, 0.1) is 17.2 Å². The molecule has 0 aromatic heterocycles. The molecule has 6 nitrogen and oxygen atoms in total. The van der Waals surface area contributed by atoms with Crippen molar-refractivity contribution in [2.45, 2.75) is 44.7 Å². The molecule has 148 valence electrons. The maximum absolute atomic E-state index is 12.5. The van der Waals surface area contributed by atoms with Crippen molar-refractivity contribution in [2.24, 2.45) is 0 Å². The molecule has 2 aliphatic rings. The second-order valence-corrected chi connectivity index (χ2v) is 7.61. The molecule has 2 aliphatic heterocycles. The molecular weight excluding hydrogens is 366 g/mol. The van der Waals surface area contributed by atoms with E-state index in [1.807, 2.05) is 19.1 Å². The summed E-state index contributed by atoms with van der Waals surface area (Å²) in [4.78, 5) is 28.6. The summed E-state index contributed by atoms with van der Waals surface area (Å²) in [5.74, 6) is -0.107. The van der Waals surface area contributed by atoms with E-state index in [9.17, 15) is 9.59 Å². The zero-order chi connectivity index (χ0) is 19.2. The first-order valence-electron chi connectivity index (χ1n) is 9.79. The van der Waals surface area contributed by atoms with Crippen molar-refractivity contribution in [1.29, 1.82) is 0 Å². The predicted octanol–water partition coefficient (Wildman–Crippen LogP) is 3.16. The van der Waals surface area contributed by atoms with Gasteiger partial charge < -0.3 is 15.0 Å². The molecule has 0 saturated carbocycles. The van der Waals surface area contributed by atoms with Crippen molar-refractivity contribution < 1.29 is 14.3 Å². The Morgan fingerprint density at radius 1 is 1.19 bits per heavy atom. The molecule has 2 heterocycles. The Labute approximate surface area is 165 Å². The number of rotatable bonds is 4. The van der Waals surface area contributed by atoms with Gasteiger partial charge in [0.25, 0.3) is 5.91 Å². The fourth-order valence-corrected chi connectivity index (χ4v) is 4.21. The number of hydrogen-bond acceptors (Lipinski definition) is 4. The standard InChI is InChI=1S/C20H28ClN3O3/c1-2-27-20(26)23-12-9-16(10-13-23)24-11-5-6-15(14-24)22-19(25)17-7-3-4-8-18(17)21/h3-4,7-8,15-16H,2,5-6,9-14H2,1H3,(H,22,25)/t15-/m1/s1. The first-order chi connectivity index (χ1) is 13.1. The Kier molecular flexibility index (Phi) is 6.96. The highest BCUT2D eigenvalue weighted by Gasteiger charge is 2.31. The number of carbonyl (C=O) groups is 2. The minimum Gasteiger partial charge on any atom is -0.450 e. The molecule has 0 aliphatic carbocycles. The molecule has 3 rings (SSSR count). The zero-order valence-electron chi connectivity index (χ0n) is 15.8. The summed E-state index contributed by atoms with van der Waals surface area (Å²) in [7, 11) is 0. The summed E-state index contributed by atoms with van der Waals surface area (Å²) >= 11 is 6.14. The number of nitrogens with one attached hydrogen (secondary N) is 1. The van der Waals surface area contributed by atoms with Crippen molar-refractivity contribution in [3.05, 3.63) is 34.9 Å². The van der Waals surface area contributed by atoms with Crippen LogP contribution in [-0.2, 0) is 4.74 Å². The van der Waals surface area contributed by atoms with Crippen molar-refractivity contribution >= 4 is 23.6 Å². The quantitative estimate of drug-likeness (QED) is 0.853. The number of ether oxygens (including phenoxy) is 1. The van der Waals surface area contributed by atoms with Crippen LogP contribution in [0.2, 0.25) is 5.02 Å². The molecule has 2 saturated heterocycles. The van der Waals surface area contributed by atoms with Crippen LogP contribution < -0.4 is 5.32 Å². The molecule has 27 heavy (non-hydrogen) atoms. The topological polar surface area (TPSA) is 61.9 Å². The lowest BCUT2D eigenvalue weighted by Crippen LogP contribution is -2.54. The average Bonchev–Trinajstić information content (AvgIpc) is 2.69.